The second-order valence-electron chi connectivity index (χ2n) is 15.2. The Morgan fingerprint density at radius 1 is 0.973 bits per heavy atom. The van der Waals surface area contributed by atoms with E-state index in [-0.39, 0.29) is 40.0 Å². The lowest BCUT2D eigenvalue weighted by atomic mass is 9.32. The number of carbonyl (C=O) groups excluding carboxylic acids is 1. The Balaban J connectivity index is 1.69. The van der Waals surface area contributed by atoms with Crippen molar-refractivity contribution in [1.29, 1.82) is 0 Å². The molecule has 5 aliphatic carbocycles. The van der Waals surface area contributed by atoms with E-state index in [1.54, 1.807) is 0 Å². The second kappa shape index (κ2) is 8.05. The summed E-state index contributed by atoms with van der Waals surface area (Å²) in [5.74, 6) is -0.574. The number of ether oxygens (including phenoxy) is 1. The number of hydrogen-bond donors (Lipinski definition) is 4. The molecule has 6 heteroatoms. The van der Waals surface area contributed by atoms with Crippen molar-refractivity contribution in [1.82, 2.24) is 0 Å². The highest BCUT2D eigenvalue weighted by molar-refractivity contribution is 5.79. The monoisotopic (exact) mass is 518 g/mol. The van der Waals surface area contributed by atoms with Crippen LogP contribution in [-0.4, -0.2) is 57.4 Å². The van der Waals surface area contributed by atoms with Crippen molar-refractivity contribution in [2.45, 2.75) is 117 Å². The van der Waals surface area contributed by atoms with Crippen LogP contribution in [-0.2, 0) is 9.53 Å². The molecule has 4 fully saturated rings. The molecule has 0 radical (unpaired) electrons. The highest BCUT2D eigenvalue weighted by Crippen LogP contribution is 2.76. The lowest BCUT2D eigenvalue weighted by Gasteiger charge is -2.72. The maximum Gasteiger partial charge on any atom is 0.312 e. The molecule has 210 valence electrons. The number of rotatable bonds is 1. The first kappa shape index (κ1) is 27.6. The van der Waals surface area contributed by atoms with Crippen LogP contribution in [0, 0.1) is 50.7 Å². The summed E-state index contributed by atoms with van der Waals surface area (Å²) in [4.78, 5) is 13.4. The third-order valence-electron chi connectivity index (χ3n) is 13.5. The number of aliphatic hydroxyl groups is 4. The summed E-state index contributed by atoms with van der Waals surface area (Å²) in [6, 6.07) is 0. The highest BCUT2D eigenvalue weighted by Gasteiger charge is 2.73. The molecule has 4 N–H and O–H groups in total. The fourth-order valence-electron chi connectivity index (χ4n) is 11.3. The van der Waals surface area contributed by atoms with Gasteiger partial charge in [-0.2, -0.15) is 0 Å². The van der Waals surface area contributed by atoms with Gasteiger partial charge >= 0.3 is 5.97 Å². The van der Waals surface area contributed by atoms with Crippen LogP contribution in [0.15, 0.2) is 11.6 Å². The quantitative estimate of drug-likeness (QED) is 0.306. The van der Waals surface area contributed by atoms with E-state index in [0.29, 0.717) is 19.3 Å². The fourth-order valence-corrected chi connectivity index (χ4v) is 11.3. The number of esters is 1. The fraction of sp³-hybridized carbons (Fsp3) is 0.903. The molecular weight excluding hydrogens is 468 g/mol. The maximum atomic E-state index is 13.4. The van der Waals surface area contributed by atoms with Gasteiger partial charge in [0.2, 0.25) is 0 Å². The molecule has 4 saturated carbocycles. The van der Waals surface area contributed by atoms with Gasteiger partial charge in [-0.15, -0.1) is 0 Å². The Kier molecular flexibility index (Phi) is 6.01. The number of carbonyl (C=O) groups is 1. The van der Waals surface area contributed by atoms with Gasteiger partial charge in [0, 0.05) is 11.8 Å². The molecule has 5 rings (SSSR count). The molecule has 0 aromatic rings. The van der Waals surface area contributed by atoms with Gasteiger partial charge in [0.1, 0.15) is 0 Å². The molecule has 0 saturated heterocycles. The molecule has 12 atom stereocenters. The van der Waals surface area contributed by atoms with Crippen LogP contribution < -0.4 is 0 Å². The smallest absolute Gasteiger partial charge is 0.312 e. The van der Waals surface area contributed by atoms with Gasteiger partial charge in [0.25, 0.3) is 0 Å². The first-order valence-electron chi connectivity index (χ1n) is 14.5. The first-order chi connectivity index (χ1) is 16.9. The van der Waals surface area contributed by atoms with Gasteiger partial charge in [0.15, 0.2) is 0 Å². The van der Waals surface area contributed by atoms with Gasteiger partial charge in [-0.05, 0) is 85.4 Å². The van der Waals surface area contributed by atoms with Gasteiger partial charge in [0.05, 0.1) is 36.4 Å². The summed E-state index contributed by atoms with van der Waals surface area (Å²) in [5, 5.41) is 46.0. The van der Waals surface area contributed by atoms with E-state index < -0.39 is 40.7 Å². The summed E-state index contributed by atoms with van der Waals surface area (Å²) >= 11 is 0. The highest BCUT2D eigenvalue weighted by atomic mass is 16.5. The minimum absolute atomic E-state index is 0.0187. The van der Waals surface area contributed by atoms with E-state index in [0.717, 1.165) is 31.3 Å². The van der Waals surface area contributed by atoms with Crippen LogP contribution in [0.2, 0.25) is 0 Å². The first-order valence-corrected chi connectivity index (χ1v) is 14.5. The van der Waals surface area contributed by atoms with E-state index in [2.05, 4.69) is 41.5 Å². The third-order valence-corrected chi connectivity index (χ3v) is 13.5. The Morgan fingerprint density at radius 3 is 2.24 bits per heavy atom. The van der Waals surface area contributed by atoms with E-state index >= 15 is 0 Å². The topological polar surface area (TPSA) is 107 Å². The van der Waals surface area contributed by atoms with Crippen molar-refractivity contribution in [3.05, 3.63) is 11.6 Å². The van der Waals surface area contributed by atoms with Crippen molar-refractivity contribution < 1.29 is 30.0 Å². The van der Waals surface area contributed by atoms with Gasteiger partial charge in [-0.25, -0.2) is 0 Å². The normalized spacial score (nSPS) is 56.6. The number of aliphatic hydroxyl groups excluding tert-OH is 3. The molecule has 0 bridgehead atoms. The summed E-state index contributed by atoms with van der Waals surface area (Å²) in [6.07, 6.45) is 4.79. The number of hydrogen-bond acceptors (Lipinski definition) is 6. The zero-order chi connectivity index (χ0) is 27.6. The predicted molar refractivity (Wildman–Crippen MR) is 141 cm³/mol. The van der Waals surface area contributed by atoms with Crippen molar-refractivity contribution in [3.8, 4) is 0 Å². The molecule has 0 aromatic heterocycles. The van der Waals surface area contributed by atoms with Crippen LogP contribution in [0.3, 0.4) is 0 Å². The van der Waals surface area contributed by atoms with Gasteiger partial charge in [-0.3, -0.25) is 4.79 Å². The van der Waals surface area contributed by atoms with Crippen LogP contribution in [0.1, 0.15) is 93.4 Å². The standard InChI is InChI=1S/C31H50O6/c1-17-9-12-31(25(35)37-8)14-13-28(5)18(22(31)30(17,7)36)15-19(32)23-27(4)16-20(33)24(34)26(2,3)21(27)10-11-29(23,28)6/h15,17,19-24,32-34,36H,9-14,16H2,1-8H3. The Morgan fingerprint density at radius 2 is 1.62 bits per heavy atom. The zero-order valence-corrected chi connectivity index (χ0v) is 24.2. The Bertz CT molecular complexity index is 1000. The third kappa shape index (κ3) is 3.16. The molecule has 0 heterocycles. The lowest BCUT2D eigenvalue weighted by Crippen LogP contribution is -2.71. The Labute approximate surface area is 222 Å². The van der Waals surface area contributed by atoms with E-state index in [4.69, 9.17) is 4.74 Å². The van der Waals surface area contributed by atoms with E-state index in [9.17, 15) is 25.2 Å². The molecule has 37 heavy (non-hydrogen) atoms. The minimum Gasteiger partial charge on any atom is -0.469 e. The summed E-state index contributed by atoms with van der Waals surface area (Å²) in [7, 11) is 1.45. The average Bonchev–Trinajstić information content (AvgIpc) is 2.80. The predicted octanol–water partition coefficient (Wildman–Crippen LogP) is 4.23. The molecule has 12 unspecified atom stereocenters. The van der Waals surface area contributed by atoms with Crippen molar-refractivity contribution >= 4 is 5.97 Å². The zero-order valence-electron chi connectivity index (χ0n) is 24.2. The number of fused-ring (bicyclic) bond motifs is 7. The largest absolute Gasteiger partial charge is 0.469 e. The van der Waals surface area contributed by atoms with Crippen molar-refractivity contribution in [2.75, 3.05) is 7.11 Å². The summed E-state index contributed by atoms with van der Waals surface area (Å²) in [6.45, 7) is 14.9. The molecule has 0 spiro atoms. The van der Waals surface area contributed by atoms with Gasteiger partial charge < -0.3 is 25.2 Å². The molecule has 0 aromatic carbocycles. The lowest BCUT2D eigenvalue weighted by molar-refractivity contribution is -0.252. The van der Waals surface area contributed by atoms with Crippen LogP contribution in [0.5, 0.6) is 0 Å². The van der Waals surface area contributed by atoms with E-state index in [1.807, 2.05) is 13.0 Å². The average molecular weight is 519 g/mol. The van der Waals surface area contributed by atoms with E-state index in [1.165, 1.54) is 7.11 Å². The second-order valence-corrected chi connectivity index (χ2v) is 15.2. The van der Waals surface area contributed by atoms with Crippen LogP contribution >= 0.6 is 0 Å². The molecule has 0 aliphatic heterocycles. The molecule has 6 nitrogen and oxygen atoms in total. The van der Waals surface area contributed by atoms with Gasteiger partial charge in [-0.1, -0.05) is 53.2 Å². The summed E-state index contributed by atoms with van der Waals surface area (Å²) < 4.78 is 5.39. The molecular formula is C31H50O6. The number of methoxy groups -OCH3 is 1. The summed E-state index contributed by atoms with van der Waals surface area (Å²) in [5.41, 5.74) is -2.29. The van der Waals surface area contributed by atoms with Crippen LogP contribution in [0.4, 0.5) is 0 Å². The SMILES string of the molecule is COC(=O)C12CCC(C)C(C)(O)C1C1=CC(O)C3C4(C)CC(O)C(O)C(C)(C)C4CCC3(C)C1(C)CC2. The van der Waals surface area contributed by atoms with Crippen molar-refractivity contribution in [2.24, 2.45) is 50.7 Å². The minimum atomic E-state index is -1.10. The van der Waals surface area contributed by atoms with Crippen molar-refractivity contribution in [3.63, 3.8) is 0 Å². The molecule has 0 amide bonds. The Hall–Kier alpha value is -0.950. The maximum absolute atomic E-state index is 13.4. The molecule has 5 aliphatic rings. The van der Waals surface area contributed by atoms with Crippen LogP contribution in [0.25, 0.3) is 0 Å².